The number of Topliss-reactive ketones (excluding diaryl/α,β-unsaturated/α-hetero) is 1. The monoisotopic (exact) mass is 296 g/mol. The van der Waals surface area contributed by atoms with E-state index in [4.69, 9.17) is 4.74 Å². The second-order valence-electron chi connectivity index (χ2n) is 5.66. The van der Waals surface area contributed by atoms with Crippen molar-refractivity contribution >= 4 is 5.78 Å². The third-order valence-corrected chi connectivity index (χ3v) is 4.41. The summed E-state index contributed by atoms with van der Waals surface area (Å²) in [7, 11) is 0. The smallest absolute Gasteiger partial charge is 0.201 e. The van der Waals surface area contributed by atoms with Crippen molar-refractivity contribution in [2.45, 2.75) is 46.0 Å². The molecule has 0 heterocycles. The van der Waals surface area contributed by atoms with Gasteiger partial charge in [-0.2, -0.15) is 4.39 Å². The fourth-order valence-corrected chi connectivity index (χ4v) is 3.04. The van der Waals surface area contributed by atoms with Crippen LogP contribution in [0.15, 0.2) is 12.1 Å². The molecule has 21 heavy (non-hydrogen) atoms. The molecule has 1 saturated carbocycles. The molecule has 1 aliphatic rings. The van der Waals surface area contributed by atoms with Crippen LogP contribution in [0.5, 0.6) is 5.75 Å². The zero-order valence-corrected chi connectivity index (χ0v) is 12.6. The number of rotatable bonds is 5. The fraction of sp³-hybridized carbons (Fsp3) is 0.588. The summed E-state index contributed by atoms with van der Waals surface area (Å²) in [5.41, 5.74) is -0.143. The lowest BCUT2D eigenvalue weighted by Crippen LogP contribution is -2.23. The molecule has 0 atom stereocenters. The molecule has 116 valence electrons. The van der Waals surface area contributed by atoms with E-state index in [1.54, 1.807) is 6.92 Å². The molecule has 0 saturated heterocycles. The molecule has 0 unspecified atom stereocenters. The van der Waals surface area contributed by atoms with Crippen LogP contribution in [0.1, 0.15) is 56.3 Å². The Balaban J connectivity index is 2.15. The molecule has 0 amide bonds. The number of ketones is 1. The normalized spacial score (nSPS) is 22.1. The van der Waals surface area contributed by atoms with Crippen LogP contribution in [-0.2, 0) is 0 Å². The van der Waals surface area contributed by atoms with E-state index in [9.17, 15) is 13.6 Å². The lowest BCUT2D eigenvalue weighted by atomic mass is 9.77. The largest absolute Gasteiger partial charge is 0.491 e. The maximum absolute atomic E-state index is 14.1. The number of hydrogen-bond acceptors (Lipinski definition) is 2. The number of halogens is 2. The van der Waals surface area contributed by atoms with Crippen molar-refractivity contribution < 1.29 is 18.3 Å². The number of hydrogen-bond donors (Lipinski definition) is 0. The minimum Gasteiger partial charge on any atom is -0.491 e. The SMILES string of the molecule is CCOc1ccc(C(=O)C2CCC(CC)CC2)c(F)c1F. The molecule has 1 aromatic rings. The molecule has 0 bridgehead atoms. The first kappa shape index (κ1) is 15.9. The molecule has 1 aromatic carbocycles. The topological polar surface area (TPSA) is 26.3 Å². The Morgan fingerprint density at radius 2 is 1.81 bits per heavy atom. The van der Waals surface area contributed by atoms with Crippen molar-refractivity contribution in [2.75, 3.05) is 6.61 Å². The molecule has 1 aliphatic carbocycles. The molecule has 4 heteroatoms. The predicted molar refractivity (Wildman–Crippen MR) is 77.6 cm³/mol. The zero-order chi connectivity index (χ0) is 15.4. The summed E-state index contributed by atoms with van der Waals surface area (Å²) >= 11 is 0. The van der Waals surface area contributed by atoms with Gasteiger partial charge in [0.2, 0.25) is 5.82 Å². The molecule has 1 fully saturated rings. The molecule has 0 N–H and O–H groups in total. The Hall–Kier alpha value is -1.45. The average Bonchev–Trinajstić information content (AvgIpc) is 2.52. The first-order chi connectivity index (χ1) is 10.1. The highest BCUT2D eigenvalue weighted by molar-refractivity contribution is 5.98. The van der Waals surface area contributed by atoms with Crippen molar-refractivity contribution in [3.63, 3.8) is 0 Å². The molecule has 0 spiro atoms. The van der Waals surface area contributed by atoms with Gasteiger partial charge in [-0.05, 0) is 50.7 Å². The fourth-order valence-electron chi connectivity index (χ4n) is 3.04. The van der Waals surface area contributed by atoms with Crippen LogP contribution in [0.3, 0.4) is 0 Å². The molecular formula is C17H22F2O2. The zero-order valence-electron chi connectivity index (χ0n) is 12.6. The van der Waals surface area contributed by atoms with Crippen LogP contribution in [-0.4, -0.2) is 12.4 Å². The summed E-state index contributed by atoms with van der Waals surface area (Å²) in [6.45, 7) is 4.10. The average molecular weight is 296 g/mol. The van der Waals surface area contributed by atoms with Crippen LogP contribution < -0.4 is 4.74 Å². The van der Waals surface area contributed by atoms with Gasteiger partial charge in [0.05, 0.1) is 12.2 Å². The van der Waals surface area contributed by atoms with Crippen LogP contribution >= 0.6 is 0 Å². The predicted octanol–water partition coefficient (Wildman–Crippen LogP) is 4.76. The highest BCUT2D eigenvalue weighted by Gasteiger charge is 2.29. The Labute approximate surface area is 124 Å². The molecule has 0 radical (unpaired) electrons. The maximum Gasteiger partial charge on any atom is 0.201 e. The van der Waals surface area contributed by atoms with Crippen LogP contribution in [0.4, 0.5) is 8.78 Å². The van der Waals surface area contributed by atoms with Gasteiger partial charge in [-0.1, -0.05) is 13.3 Å². The van der Waals surface area contributed by atoms with E-state index in [0.717, 1.165) is 32.1 Å². The number of ether oxygens (including phenoxy) is 1. The third kappa shape index (κ3) is 3.42. The van der Waals surface area contributed by atoms with E-state index in [1.807, 2.05) is 0 Å². The second kappa shape index (κ2) is 7.01. The summed E-state index contributed by atoms with van der Waals surface area (Å²) in [6.07, 6.45) is 4.65. The van der Waals surface area contributed by atoms with Gasteiger partial charge in [0.25, 0.3) is 0 Å². The minimum absolute atomic E-state index is 0.138. The van der Waals surface area contributed by atoms with E-state index < -0.39 is 11.6 Å². The van der Waals surface area contributed by atoms with Gasteiger partial charge >= 0.3 is 0 Å². The van der Waals surface area contributed by atoms with Gasteiger partial charge in [0, 0.05) is 5.92 Å². The molecular weight excluding hydrogens is 274 g/mol. The van der Waals surface area contributed by atoms with Crippen molar-refractivity contribution in [1.29, 1.82) is 0 Å². The minimum atomic E-state index is -1.08. The summed E-state index contributed by atoms with van der Waals surface area (Å²) in [5.74, 6) is -2.07. The summed E-state index contributed by atoms with van der Waals surface area (Å²) < 4.78 is 32.9. The van der Waals surface area contributed by atoms with E-state index in [0.29, 0.717) is 5.92 Å². The number of carbonyl (C=O) groups excluding carboxylic acids is 1. The van der Waals surface area contributed by atoms with Crippen LogP contribution in [0.25, 0.3) is 0 Å². The standard InChI is InChI=1S/C17H22F2O2/c1-3-11-5-7-12(8-6-11)17(20)13-9-10-14(21-4-2)16(19)15(13)18/h9-12H,3-8H2,1-2H3. The number of benzene rings is 1. The van der Waals surface area contributed by atoms with Gasteiger partial charge in [-0.3, -0.25) is 4.79 Å². The highest BCUT2D eigenvalue weighted by Crippen LogP contribution is 2.34. The highest BCUT2D eigenvalue weighted by atomic mass is 19.2. The van der Waals surface area contributed by atoms with Gasteiger partial charge in [0.15, 0.2) is 17.3 Å². The summed E-state index contributed by atoms with van der Waals surface area (Å²) in [4.78, 5) is 12.4. The van der Waals surface area contributed by atoms with Gasteiger partial charge in [-0.25, -0.2) is 4.39 Å². The Kier molecular flexibility index (Phi) is 5.32. The summed E-state index contributed by atoms with van der Waals surface area (Å²) in [5, 5.41) is 0. The maximum atomic E-state index is 14.1. The van der Waals surface area contributed by atoms with Gasteiger partial charge in [-0.15, -0.1) is 0 Å². The van der Waals surface area contributed by atoms with E-state index in [-0.39, 0.29) is 29.6 Å². The first-order valence-corrected chi connectivity index (χ1v) is 7.73. The van der Waals surface area contributed by atoms with E-state index in [1.165, 1.54) is 12.1 Å². The Morgan fingerprint density at radius 1 is 1.14 bits per heavy atom. The molecule has 2 rings (SSSR count). The van der Waals surface area contributed by atoms with Crippen molar-refractivity contribution in [3.8, 4) is 5.75 Å². The Morgan fingerprint density at radius 3 is 2.38 bits per heavy atom. The van der Waals surface area contributed by atoms with Crippen LogP contribution in [0.2, 0.25) is 0 Å². The van der Waals surface area contributed by atoms with Crippen molar-refractivity contribution in [1.82, 2.24) is 0 Å². The van der Waals surface area contributed by atoms with E-state index in [2.05, 4.69) is 6.92 Å². The molecule has 2 nitrogen and oxygen atoms in total. The van der Waals surface area contributed by atoms with Crippen molar-refractivity contribution in [2.24, 2.45) is 11.8 Å². The van der Waals surface area contributed by atoms with Crippen LogP contribution in [0, 0.1) is 23.5 Å². The summed E-state index contributed by atoms with van der Waals surface area (Å²) in [6, 6.07) is 2.68. The molecule has 0 aliphatic heterocycles. The lowest BCUT2D eigenvalue weighted by molar-refractivity contribution is 0.0865. The third-order valence-electron chi connectivity index (χ3n) is 4.41. The second-order valence-corrected chi connectivity index (χ2v) is 5.66. The molecule has 0 aromatic heterocycles. The first-order valence-electron chi connectivity index (χ1n) is 7.73. The Bertz CT molecular complexity index is 506. The van der Waals surface area contributed by atoms with Crippen molar-refractivity contribution in [3.05, 3.63) is 29.3 Å². The number of carbonyl (C=O) groups is 1. The van der Waals surface area contributed by atoms with E-state index >= 15 is 0 Å². The van der Waals surface area contributed by atoms with Gasteiger partial charge < -0.3 is 4.74 Å². The van der Waals surface area contributed by atoms with Gasteiger partial charge in [0.1, 0.15) is 0 Å². The lowest BCUT2D eigenvalue weighted by Gasteiger charge is -2.27. The quantitative estimate of drug-likeness (QED) is 0.732.